The summed E-state index contributed by atoms with van der Waals surface area (Å²) in [6.07, 6.45) is 7.64. The molecule has 0 aromatic heterocycles. The summed E-state index contributed by atoms with van der Waals surface area (Å²) in [5.74, 6) is -0.217. The van der Waals surface area contributed by atoms with Gasteiger partial charge in [0.1, 0.15) is 0 Å². The fourth-order valence-electron chi connectivity index (χ4n) is 3.40. The third-order valence-electron chi connectivity index (χ3n) is 4.62. The number of primary amides is 1. The van der Waals surface area contributed by atoms with Crippen molar-refractivity contribution >= 4 is 5.91 Å². The van der Waals surface area contributed by atoms with Gasteiger partial charge in [0.2, 0.25) is 5.91 Å². The third kappa shape index (κ3) is 3.27. The van der Waals surface area contributed by atoms with Gasteiger partial charge in [-0.15, -0.1) is 0 Å². The SMILES string of the molecule is NC(=O)C(CN1CCOC2CCCCC21)NC1CC1. The highest BCUT2D eigenvalue weighted by molar-refractivity contribution is 5.80. The number of fused-ring (bicyclic) bond motifs is 1. The smallest absolute Gasteiger partial charge is 0.235 e. The van der Waals surface area contributed by atoms with Crippen molar-refractivity contribution in [1.29, 1.82) is 0 Å². The number of nitrogens with two attached hydrogens (primary N) is 1. The summed E-state index contributed by atoms with van der Waals surface area (Å²) in [5, 5.41) is 3.38. The highest BCUT2D eigenvalue weighted by Crippen LogP contribution is 2.28. The minimum Gasteiger partial charge on any atom is -0.375 e. The molecule has 3 fully saturated rings. The van der Waals surface area contributed by atoms with Gasteiger partial charge >= 0.3 is 0 Å². The van der Waals surface area contributed by atoms with Crippen LogP contribution in [0, 0.1) is 0 Å². The maximum atomic E-state index is 11.6. The Morgan fingerprint density at radius 1 is 1.32 bits per heavy atom. The standard InChI is InChI=1S/C14H25N3O2/c15-14(18)11(16-10-5-6-10)9-17-7-8-19-13-4-2-1-3-12(13)17/h10-13,16H,1-9H2,(H2,15,18). The van der Waals surface area contributed by atoms with E-state index in [1.807, 2.05) is 0 Å². The van der Waals surface area contributed by atoms with Crippen molar-refractivity contribution in [2.24, 2.45) is 5.73 Å². The molecule has 3 atom stereocenters. The number of rotatable bonds is 5. The van der Waals surface area contributed by atoms with Crippen molar-refractivity contribution in [2.45, 2.75) is 62.8 Å². The van der Waals surface area contributed by atoms with Crippen molar-refractivity contribution in [3.8, 4) is 0 Å². The van der Waals surface area contributed by atoms with Gasteiger partial charge in [0, 0.05) is 25.2 Å². The Kier molecular flexibility index (Phi) is 4.05. The van der Waals surface area contributed by atoms with Crippen LogP contribution in [0.15, 0.2) is 0 Å². The molecule has 2 aliphatic carbocycles. The van der Waals surface area contributed by atoms with Gasteiger partial charge in [-0.1, -0.05) is 12.8 Å². The van der Waals surface area contributed by atoms with Gasteiger partial charge in [0.15, 0.2) is 0 Å². The van der Waals surface area contributed by atoms with Crippen molar-refractivity contribution in [2.75, 3.05) is 19.7 Å². The molecule has 3 unspecified atom stereocenters. The average Bonchev–Trinajstić information content (AvgIpc) is 3.22. The molecule has 1 aliphatic heterocycles. The number of hydrogen-bond acceptors (Lipinski definition) is 4. The monoisotopic (exact) mass is 267 g/mol. The van der Waals surface area contributed by atoms with Gasteiger partial charge in [0.05, 0.1) is 18.8 Å². The molecule has 1 amide bonds. The predicted octanol–water partition coefficient (Wildman–Crippen LogP) is 0.236. The van der Waals surface area contributed by atoms with Gasteiger partial charge < -0.3 is 15.8 Å². The van der Waals surface area contributed by atoms with E-state index in [1.54, 1.807) is 0 Å². The third-order valence-corrected chi connectivity index (χ3v) is 4.62. The number of amides is 1. The summed E-state index contributed by atoms with van der Waals surface area (Å²) < 4.78 is 5.87. The second kappa shape index (κ2) is 5.77. The molecule has 3 rings (SSSR count). The first-order chi connectivity index (χ1) is 9.24. The van der Waals surface area contributed by atoms with E-state index in [1.165, 1.54) is 38.5 Å². The molecule has 108 valence electrons. The lowest BCUT2D eigenvalue weighted by atomic mass is 9.90. The summed E-state index contributed by atoms with van der Waals surface area (Å²) in [6.45, 7) is 2.46. The van der Waals surface area contributed by atoms with Crippen LogP contribution in [0.2, 0.25) is 0 Å². The van der Waals surface area contributed by atoms with E-state index in [0.717, 1.165) is 19.7 Å². The highest BCUT2D eigenvalue weighted by atomic mass is 16.5. The summed E-state index contributed by atoms with van der Waals surface area (Å²) in [5.41, 5.74) is 5.54. The van der Waals surface area contributed by atoms with Crippen LogP contribution in [-0.2, 0) is 9.53 Å². The topological polar surface area (TPSA) is 67.6 Å². The molecule has 19 heavy (non-hydrogen) atoms. The van der Waals surface area contributed by atoms with Gasteiger partial charge in [-0.25, -0.2) is 0 Å². The molecule has 0 bridgehead atoms. The van der Waals surface area contributed by atoms with E-state index in [2.05, 4.69) is 10.2 Å². The fourth-order valence-corrected chi connectivity index (χ4v) is 3.40. The molecule has 5 heteroatoms. The largest absolute Gasteiger partial charge is 0.375 e. The van der Waals surface area contributed by atoms with E-state index in [0.29, 0.717) is 18.2 Å². The van der Waals surface area contributed by atoms with Crippen LogP contribution in [0.1, 0.15) is 38.5 Å². The van der Waals surface area contributed by atoms with Crippen LogP contribution in [0.4, 0.5) is 0 Å². The van der Waals surface area contributed by atoms with Gasteiger partial charge in [-0.05, 0) is 25.7 Å². The second-order valence-corrected chi connectivity index (χ2v) is 6.15. The molecule has 0 radical (unpaired) electrons. The van der Waals surface area contributed by atoms with Gasteiger partial charge in [-0.3, -0.25) is 9.69 Å². The van der Waals surface area contributed by atoms with Crippen LogP contribution in [0.3, 0.4) is 0 Å². The molecule has 0 aromatic rings. The quantitative estimate of drug-likeness (QED) is 0.748. The van der Waals surface area contributed by atoms with E-state index in [-0.39, 0.29) is 11.9 Å². The van der Waals surface area contributed by atoms with Gasteiger partial charge in [-0.2, -0.15) is 0 Å². The van der Waals surface area contributed by atoms with Crippen molar-refractivity contribution < 1.29 is 9.53 Å². The Balaban J connectivity index is 1.60. The normalized spacial score (nSPS) is 33.7. The van der Waals surface area contributed by atoms with Crippen molar-refractivity contribution in [3.05, 3.63) is 0 Å². The van der Waals surface area contributed by atoms with E-state index in [4.69, 9.17) is 10.5 Å². The molecule has 0 aromatic carbocycles. The molecule has 1 saturated heterocycles. The number of ether oxygens (including phenoxy) is 1. The second-order valence-electron chi connectivity index (χ2n) is 6.15. The molecular weight excluding hydrogens is 242 g/mol. The zero-order chi connectivity index (χ0) is 13.2. The highest BCUT2D eigenvalue weighted by Gasteiger charge is 2.36. The first-order valence-corrected chi connectivity index (χ1v) is 7.65. The Morgan fingerprint density at radius 2 is 2.11 bits per heavy atom. The molecular formula is C14H25N3O2. The molecule has 1 heterocycles. The number of hydrogen-bond donors (Lipinski definition) is 2. The molecule has 3 N–H and O–H groups in total. The van der Waals surface area contributed by atoms with E-state index in [9.17, 15) is 4.79 Å². The summed E-state index contributed by atoms with van der Waals surface area (Å²) in [4.78, 5) is 14.0. The number of carbonyl (C=O) groups is 1. The lowest BCUT2D eigenvalue weighted by Gasteiger charge is -2.44. The minimum absolute atomic E-state index is 0.201. The average molecular weight is 267 g/mol. The Morgan fingerprint density at radius 3 is 2.84 bits per heavy atom. The number of nitrogens with zero attached hydrogens (tertiary/aromatic N) is 1. The Bertz CT molecular complexity index is 331. The summed E-state index contributed by atoms with van der Waals surface area (Å²) in [6, 6.07) is 0.805. The maximum Gasteiger partial charge on any atom is 0.235 e. The first kappa shape index (κ1) is 13.3. The summed E-state index contributed by atoms with van der Waals surface area (Å²) >= 11 is 0. The van der Waals surface area contributed by atoms with Crippen LogP contribution in [0.5, 0.6) is 0 Å². The zero-order valence-electron chi connectivity index (χ0n) is 11.5. The predicted molar refractivity (Wildman–Crippen MR) is 72.7 cm³/mol. The Labute approximate surface area is 114 Å². The number of nitrogens with one attached hydrogen (secondary N) is 1. The molecule has 3 aliphatic rings. The molecule has 2 saturated carbocycles. The van der Waals surface area contributed by atoms with Crippen LogP contribution in [0.25, 0.3) is 0 Å². The molecule has 0 spiro atoms. The lowest BCUT2D eigenvalue weighted by Crippen LogP contribution is -2.58. The lowest BCUT2D eigenvalue weighted by molar-refractivity contribution is -0.123. The summed E-state index contributed by atoms with van der Waals surface area (Å²) in [7, 11) is 0. The minimum atomic E-state index is -0.217. The number of morpholine rings is 1. The van der Waals surface area contributed by atoms with E-state index < -0.39 is 0 Å². The number of carbonyl (C=O) groups excluding carboxylic acids is 1. The van der Waals surface area contributed by atoms with Crippen molar-refractivity contribution in [1.82, 2.24) is 10.2 Å². The Hall–Kier alpha value is -0.650. The zero-order valence-corrected chi connectivity index (χ0v) is 11.5. The fraction of sp³-hybridized carbons (Fsp3) is 0.929. The van der Waals surface area contributed by atoms with Crippen LogP contribution < -0.4 is 11.1 Å². The van der Waals surface area contributed by atoms with E-state index >= 15 is 0 Å². The van der Waals surface area contributed by atoms with Crippen molar-refractivity contribution in [3.63, 3.8) is 0 Å². The maximum absolute atomic E-state index is 11.6. The van der Waals surface area contributed by atoms with Crippen LogP contribution in [-0.4, -0.2) is 54.7 Å². The first-order valence-electron chi connectivity index (χ1n) is 7.65. The van der Waals surface area contributed by atoms with Gasteiger partial charge in [0.25, 0.3) is 0 Å². The molecule has 5 nitrogen and oxygen atoms in total. The van der Waals surface area contributed by atoms with Crippen LogP contribution >= 0.6 is 0 Å².